The van der Waals surface area contributed by atoms with Crippen LogP contribution in [0.4, 0.5) is 5.69 Å². The smallest absolute Gasteiger partial charge is 0.282 e. The van der Waals surface area contributed by atoms with Crippen molar-refractivity contribution in [1.29, 1.82) is 0 Å². The van der Waals surface area contributed by atoms with Gasteiger partial charge < -0.3 is 19.5 Å². The van der Waals surface area contributed by atoms with E-state index in [1.165, 1.54) is 33.5 Å². The van der Waals surface area contributed by atoms with Gasteiger partial charge in [-0.05, 0) is 23.8 Å². The Morgan fingerprint density at radius 3 is 2.26 bits per heavy atom. The first kappa shape index (κ1) is 21.6. The number of nitro groups is 1. The fourth-order valence-electron chi connectivity index (χ4n) is 3.25. The number of rotatable bonds is 8. The fourth-order valence-corrected chi connectivity index (χ4v) is 3.25. The Balaban J connectivity index is 1.72. The van der Waals surface area contributed by atoms with Crippen LogP contribution in [-0.2, 0) is 11.3 Å². The molecule has 162 valence electrons. The summed E-state index contributed by atoms with van der Waals surface area (Å²) in [5.74, 6) is -1.06. The highest BCUT2D eigenvalue weighted by Crippen LogP contribution is 2.38. The summed E-state index contributed by atoms with van der Waals surface area (Å²) in [5, 5.41) is 13.8. The monoisotopic (exact) mass is 429 g/mol. The Morgan fingerprint density at radius 2 is 1.71 bits per heavy atom. The number of hydrogen-bond acceptors (Lipinski definition) is 8. The van der Waals surface area contributed by atoms with Gasteiger partial charge in [0.1, 0.15) is 12.1 Å². The van der Waals surface area contributed by atoms with Crippen LogP contribution in [0.5, 0.6) is 17.2 Å². The Morgan fingerprint density at radius 1 is 1.06 bits per heavy atom. The molecule has 2 aromatic rings. The molecule has 0 bridgehead atoms. The third-order valence-electron chi connectivity index (χ3n) is 4.69. The van der Waals surface area contributed by atoms with Crippen LogP contribution in [0.2, 0.25) is 0 Å². The molecule has 11 nitrogen and oxygen atoms in total. The Bertz CT molecular complexity index is 1060. The molecule has 0 fully saturated rings. The second kappa shape index (κ2) is 8.69. The normalized spacial score (nSPS) is 12.4. The summed E-state index contributed by atoms with van der Waals surface area (Å²) < 4.78 is 15.8. The highest BCUT2D eigenvalue weighted by Gasteiger charge is 2.41. The number of fused-ring (bicyclic) bond motifs is 1. The molecule has 3 rings (SSSR count). The van der Waals surface area contributed by atoms with E-state index < -0.39 is 34.9 Å². The first-order valence-electron chi connectivity index (χ1n) is 9.01. The second-order valence-electron chi connectivity index (χ2n) is 6.46. The van der Waals surface area contributed by atoms with E-state index in [4.69, 9.17) is 14.2 Å². The minimum absolute atomic E-state index is 0.0544. The number of benzene rings is 2. The van der Waals surface area contributed by atoms with Crippen LogP contribution in [0.25, 0.3) is 0 Å². The number of imide groups is 1. The molecular formula is C20H19N3O8. The molecule has 2 aromatic carbocycles. The van der Waals surface area contributed by atoms with Crippen molar-refractivity contribution in [3.8, 4) is 17.2 Å². The van der Waals surface area contributed by atoms with Gasteiger partial charge in [-0.2, -0.15) is 0 Å². The van der Waals surface area contributed by atoms with E-state index >= 15 is 0 Å². The molecule has 0 atom stereocenters. The van der Waals surface area contributed by atoms with Gasteiger partial charge in [0.25, 0.3) is 17.5 Å². The van der Waals surface area contributed by atoms with Crippen molar-refractivity contribution in [2.24, 2.45) is 0 Å². The predicted octanol–water partition coefficient (Wildman–Crippen LogP) is 1.53. The lowest BCUT2D eigenvalue weighted by Crippen LogP contribution is -2.40. The molecule has 0 saturated heterocycles. The molecule has 1 N–H and O–H groups in total. The van der Waals surface area contributed by atoms with Crippen molar-refractivity contribution < 1.29 is 33.5 Å². The largest absolute Gasteiger partial charge is 0.493 e. The van der Waals surface area contributed by atoms with Crippen LogP contribution in [-0.4, -0.2) is 55.4 Å². The lowest BCUT2D eigenvalue weighted by atomic mass is 10.1. The van der Waals surface area contributed by atoms with Crippen molar-refractivity contribution in [3.05, 3.63) is 57.1 Å². The molecular weight excluding hydrogens is 410 g/mol. The van der Waals surface area contributed by atoms with Gasteiger partial charge >= 0.3 is 0 Å². The maximum Gasteiger partial charge on any atom is 0.282 e. The molecule has 0 spiro atoms. The van der Waals surface area contributed by atoms with Crippen LogP contribution >= 0.6 is 0 Å². The van der Waals surface area contributed by atoms with E-state index in [1.807, 2.05) is 0 Å². The highest BCUT2D eigenvalue weighted by atomic mass is 16.6. The summed E-state index contributed by atoms with van der Waals surface area (Å²) in [6.45, 7) is -0.521. The second-order valence-corrected chi connectivity index (χ2v) is 6.46. The van der Waals surface area contributed by atoms with Gasteiger partial charge in [-0.15, -0.1) is 0 Å². The van der Waals surface area contributed by atoms with Gasteiger partial charge in [-0.3, -0.25) is 29.4 Å². The SMILES string of the molecule is COc1cc(CNC(=O)CN2C(=O)c3cccc([N+](=O)[O-])c3C2=O)cc(OC)c1OC. The number of ether oxygens (including phenoxy) is 3. The van der Waals surface area contributed by atoms with Gasteiger partial charge in [0.2, 0.25) is 11.7 Å². The lowest BCUT2D eigenvalue weighted by Gasteiger charge is -2.16. The van der Waals surface area contributed by atoms with Crippen LogP contribution in [0.15, 0.2) is 30.3 Å². The summed E-state index contributed by atoms with van der Waals surface area (Å²) >= 11 is 0. The maximum absolute atomic E-state index is 12.6. The van der Waals surface area contributed by atoms with Gasteiger partial charge in [0.15, 0.2) is 11.5 Å². The predicted molar refractivity (Wildman–Crippen MR) is 106 cm³/mol. The van der Waals surface area contributed by atoms with Crippen molar-refractivity contribution in [2.75, 3.05) is 27.9 Å². The molecule has 0 aromatic heterocycles. The average molecular weight is 429 g/mol. The summed E-state index contributed by atoms with van der Waals surface area (Å²) in [6, 6.07) is 7.06. The first-order chi connectivity index (χ1) is 14.8. The zero-order valence-corrected chi connectivity index (χ0v) is 17.0. The quantitative estimate of drug-likeness (QED) is 0.379. The van der Waals surface area contributed by atoms with Crippen molar-refractivity contribution in [1.82, 2.24) is 10.2 Å². The van der Waals surface area contributed by atoms with Gasteiger partial charge in [0.05, 0.1) is 31.8 Å². The topological polar surface area (TPSA) is 137 Å². The zero-order chi connectivity index (χ0) is 22.7. The van der Waals surface area contributed by atoms with Crippen LogP contribution in [0.1, 0.15) is 26.3 Å². The molecule has 0 radical (unpaired) electrons. The maximum atomic E-state index is 12.6. The van der Waals surface area contributed by atoms with Crippen molar-refractivity contribution in [3.63, 3.8) is 0 Å². The fraction of sp³-hybridized carbons (Fsp3) is 0.250. The summed E-state index contributed by atoms with van der Waals surface area (Å²) in [7, 11) is 4.39. The van der Waals surface area contributed by atoms with Gasteiger partial charge in [-0.1, -0.05) is 6.07 Å². The molecule has 1 aliphatic heterocycles. The summed E-state index contributed by atoms with van der Waals surface area (Å²) in [4.78, 5) is 48.5. The molecule has 0 saturated carbocycles. The number of nitrogens with one attached hydrogen (secondary N) is 1. The standard InChI is InChI=1S/C20H19N3O8/c1-29-14-7-11(8-15(30-2)18(14)31-3)9-21-16(24)10-22-19(25)12-5-4-6-13(23(27)28)17(12)20(22)26/h4-8H,9-10H2,1-3H3,(H,21,24). The molecule has 3 amide bonds. The van der Waals surface area contributed by atoms with E-state index in [0.717, 1.165) is 6.07 Å². The Labute approximate surface area is 176 Å². The molecule has 31 heavy (non-hydrogen) atoms. The molecule has 1 aliphatic rings. The van der Waals surface area contributed by atoms with Crippen molar-refractivity contribution in [2.45, 2.75) is 6.54 Å². The molecule has 1 heterocycles. The van der Waals surface area contributed by atoms with E-state index in [-0.39, 0.29) is 17.7 Å². The molecule has 11 heteroatoms. The Kier molecular flexibility index (Phi) is 6.05. The number of hydrogen-bond donors (Lipinski definition) is 1. The lowest BCUT2D eigenvalue weighted by molar-refractivity contribution is -0.385. The minimum atomic E-state index is -0.879. The number of nitro benzene ring substituents is 1. The third-order valence-corrected chi connectivity index (χ3v) is 4.69. The van der Waals surface area contributed by atoms with Gasteiger partial charge in [-0.25, -0.2) is 0 Å². The highest BCUT2D eigenvalue weighted by molar-refractivity contribution is 6.24. The number of carbonyl (C=O) groups is 3. The number of amides is 3. The van der Waals surface area contributed by atoms with Crippen LogP contribution in [0.3, 0.4) is 0 Å². The minimum Gasteiger partial charge on any atom is -0.493 e. The van der Waals surface area contributed by atoms with Crippen LogP contribution < -0.4 is 19.5 Å². The number of carbonyl (C=O) groups excluding carboxylic acids is 3. The van der Waals surface area contributed by atoms with E-state index in [0.29, 0.717) is 27.7 Å². The third kappa shape index (κ3) is 3.97. The molecule has 0 unspecified atom stereocenters. The number of methoxy groups -OCH3 is 3. The summed E-state index contributed by atoms with van der Waals surface area (Å²) in [5.41, 5.74) is -0.261. The number of nitrogens with zero attached hydrogens (tertiary/aromatic N) is 2. The van der Waals surface area contributed by atoms with Crippen LogP contribution in [0, 0.1) is 10.1 Å². The Hall–Kier alpha value is -4.15. The summed E-state index contributed by atoms with van der Waals surface area (Å²) in [6.07, 6.45) is 0. The van der Waals surface area contributed by atoms with E-state index in [9.17, 15) is 24.5 Å². The zero-order valence-electron chi connectivity index (χ0n) is 17.0. The van der Waals surface area contributed by atoms with E-state index in [2.05, 4.69) is 5.32 Å². The average Bonchev–Trinajstić information content (AvgIpc) is 3.01. The van der Waals surface area contributed by atoms with Gasteiger partial charge in [0, 0.05) is 12.6 Å². The van der Waals surface area contributed by atoms with E-state index in [1.54, 1.807) is 12.1 Å². The van der Waals surface area contributed by atoms with Crippen molar-refractivity contribution >= 4 is 23.4 Å². The molecule has 0 aliphatic carbocycles. The first-order valence-corrected chi connectivity index (χ1v) is 9.01.